The summed E-state index contributed by atoms with van der Waals surface area (Å²) in [4.78, 5) is 17.6. The van der Waals surface area contributed by atoms with Gasteiger partial charge in [-0.3, -0.25) is 4.79 Å². The predicted octanol–water partition coefficient (Wildman–Crippen LogP) is 5.46. The Morgan fingerprint density at radius 3 is 2.64 bits per heavy atom. The molecular formula is C28H30ClFN2O4. The number of halogens is 2. The first-order valence-electron chi connectivity index (χ1n) is 12.0. The van der Waals surface area contributed by atoms with Crippen LogP contribution in [-0.2, 0) is 12.0 Å². The number of nitrogens with two attached hydrogens (primary N) is 1. The van der Waals surface area contributed by atoms with Gasteiger partial charge < -0.3 is 20.3 Å². The van der Waals surface area contributed by atoms with Crippen LogP contribution in [-0.4, -0.2) is 35.6 Å². The lowest BCUT2D eigenvalue weighted by atomic mass is 9.91. The van der Waals surface area contributed by atoms with Crippen molar-refractivity contribution < 1.29 is 23.8 Å². The maximum atomic E-state index is 13.7. The summed E-state index contributed by atoms with van der Waals surface area (Å²) in [6.45, 7) is 2.04. The molecule has 0 bridgehead atoms. The van der Waals surface area contributed by atoms with E-state index >= 15 is 0 Å². The molecule has 1 aliphatic carbocycles. The summed E-state index contributed by atoms with van der Waals surface area (Å²) < 4.78 is 24.9. The standard InChI is InChI=1S/C28H30ClFN2O4/c1-28(34,11-9-24(33)19-4-8-25(26(16-19)35-2)36-20-5-6-20)27-14-17(10-12-31)13-23(32-27)18-3-7-22(30)21(29)15-18/h3-4,7-8,13-16,20,34H,5-6,9-12,31H2,1-2H3. The lowest BCUT2D eigenvalue weighted by Gasteiger charge is -2.24. The molecule has 190 valence electrons. The van der Waals surface area contributed by atoms with Crippen molar-refractivity contribution in [2.75, 3.05) is 13.7 Å². The van der Waals surface area contributed by atoms with Crippen molar-refractivity contribution in [1.29, 1.82) is 0 Å². The number of nitrogens with zero attached hydrogens (tertiary/aromatic N) is 1. The number of hydrogen-bond donors (Lipinski definition) is 2. The summed E-state index contributed by atoms with van der Waals surface area (Å²) in [7, 11) is 1.54. The summed E-state index contributed by atoms with van der Waals surface area (Å²) in [6, 6.07) is 13.1. The zero-order valence-electron chi connectivity index (χ0n) is 20.4. The molecule has 4 rings (SSSR count). The summed E-state index contributed by atoms with van der Waals surface area (Å²) in [5.74, 6) is 0.486. The highest BCUT2D eigenvalue weighted by Crippen LogP contribution is 2.35. The van der Waals surface area contributed by atoms with Gasteiger partial charge >= 0.3 is 0 Å². The van der Waals surface area contributed by atoms with E-state index in [0.717, 1.165) is 18.4 Å². The number of methoxy groups -OCH3 is 1. The Bertz CT molecular complexity index is 1260. The molecule has 6 nitrogen and oxygen atoms in total. The lowest BCUT2D eigenvalue weighted by molar-refractivity contribution is 0.0397. The Kier molecular flexibility index (Phi) is 7.93. The van der Waals surface area contributed by atoms with Crippen LogP contribution in [0.15, 0.2) is 48.5 Å². The third-order valence-corrected chi connectivity index (χ3v) is 6.52. The highest BCUT2D eigenvalue weighted by Gasteiger charge is 2.28. The fourth-order valence-electron chi connectivity index (χ4n) is 3.91. The number of benzene rings is 2. The number of aliphatic hydroxyl groups is 1. The van der Waals surface area contributed by atoms with Gasteiger partial charge in [-0.15, -0.1) is 0 Å². The fraction of sp³-hybridized carbons (Fsp3) is 0.357. The monoisotopic (exact) mass is 512 g/mol. The molecule has 1 atom stereocenters. The number of carbonyl (C=O) groups excluding carboxylic acids is 1. The van der Waals surface area contributed by atoms with Crippen LogP contribution in [0.5, 0.6) is 11.5 Å². The quantitative estimate of drug-likeness (QED) is 0.331. The molecule has 36 heavy (non-hydrogen) atoms. The van der Waals surface area contributed by atoms with Gasteiger partial charge in [0, 0.05) is 17.5 Å². The van der Waals surface area contributed by atoms with Gasteiger partial charge in [0.15, 0.2) is 17.3 Å². The van der Waals surface area contributed by atoms with Crippen LogP contribution >= 0.6 is 11.6 Å². The maximum Gasteiger partial charge on any atom is 0.163 e. The second-order valence-electron chi connectivity index (χ2n) is 9.29. The molecule has 1 aliphatic rings. The third kappa shape index (κ3) is 6.22. The van der Waals surface area contributed by atoms with Crippen LogP contribution in [0.1, 0.15) is 54.2 Å². The molecule has 0 aliphatic heterocycles. The average Bonchev–Trinajstić information content (AvgIpc) is 3.68. The summed E-state index contributed by atoms with van der Waals surface area (Å²) in [6.07, 6.45) is 3.08. The van der Waals surface area contributed by atoms with Crippen molar-refractivity contribution in [1.82, 2.24) is 4.98 Å². The zero-order valence-corrected chi connectivity index (χ0v) is 21.1. The zero-order chi connectivity index (χ0) is 25.9. The van der Waals surface area contributed by atoms with E-state index in [2.05, 4.69) is 4.98 Å². The second-order valence-corrected chi connectivity index (χ2v) is 9.70. The highest BCUT2D eigenvalue weighted by molar-refractivity contribution is 6.31. The molecular weight excluding hydrogens is 483 g/mol. The molecule has 2 aromatic carbocycles. The number of carbonyl (C=O) groups is 1. The largest absolute Gasteiger partial charge is 0.493 e. The van der Waals surface area contributed by atoms with E-state index in [1.54, 1.807) is 44.4 Å². The van der Waals surface area contributed by atoms with Crippen molar-refractivity contribution in [3.63, 3.8) is 0 Å². The molecule has 3 aromatic rings. The minimum atomic E-state index is -1.39. The van der Waals surface area contributed by atoms with Gasteiger partial charge in [-0.1, -0.05) is 11.6 Å². The SMILES string of the molecule is COc1cc(C(=O)CCC(C)(O)c2cc(CCN)cc(-c3ccc(F)c(Cl)c3)n2)ccc1OC1CC1. The Balaban J connectivity index is 1.53. The molecule has 1 saturated carbocycles. The fourth-order valence-corrected chi connectivity index (χ4v) is 4.09. The maximum absolute atomic E-state index is 13.7. The van der Waals surface area contributed by atoms with Crippen molar-refractivity contribution in [3.8, 4) is 22.8 Å². The highest BCUT2D eigenvalue weighted by atomic mass is 35.5. The number of rotatable bonds is 11. The molecule has 0 amide bonds. The second kappa shape index (κ2) is 10.9. The van der Waals surface area contributed by atoms with Crippen LogP contribution in [0.4, 0.5) is 4.39 Å². The number of Topliss-reactive ketones (excluding diaryl/α,β-unsaturated/α-hetero) is 1. The predicted molar refractivity (Wildman–Crippen MR) is 137 cm³/mol. The number of ketones is 1. The summed E-state index contributed by atoms with van der Waals surface area (Å²) in [5, 5.41) is 11.3. The van der Waals surface area contributed by atoms with E-state index < -0.39 is 11.4 Å². The number of aromatic nitrogens is 1. The molecule has 0 radical (unpaired) electrons. The summed E-state index contributed by atoms with van der Waals surface area (Å²) >= 11 is 5.97. The normalized spacial score (nSPS) is 14.8. The van der Waals surface area contributed by atoms with E-state index in [-0.39, 0.29) is 29.8 Å². The van der Waals surface area contributed by atoms with Gasteiger partial charge in [0.2, 0.25) is 0 Å². The Morgan fingerprint density at radius 2 is 1.97 bits per heavy atom. The van der Waals surface area contributed by atoms with Gasteiger partial charge in [-0.25, -0.2) is 9.37 Å². The lowest BCUT2D eigenvalue weighted by Crippen LogP contribution is -2.24. The van der Waals surface area contributed by atoms with E-state index in [9.17, 15) is 14.3 Å². The van der Waals surface area contributed by atoms with E-state index in [0.29, 0.717) is 47.0 Å². The van der Waals surface area contributed by atoms with Crippen LogP contribution in [0, 0.1) is 5.82 Å². The first kappa shape index (κ1) is 26.1. The smallest absolute Gasteiger partial charge is 0.163 e. The van der Waals surface area contributed by atoms with Crippen LogP contribution in [0.3, 0.4) is 0 Å². The number of ether oxygens (including phenoxy) is 2. The van der Waals surface area contributed by atoms with Gasteiger partial charge in [-0.2, -0.15) is 0 Å². The molecule has 0 saturated heterocycles. The third-order valence-electron chi connectivity index (χ3n) is 6.23. The first-order chi connectivity index (χ1) is 17.2. The van der Waals surface area contributed by atoms with Gasteiger partial charge in [0.1, 0.15) is 11.4 Å². The number of hydrogen-bond acceptors (Lipinski definition) is 6. The van der Waals surface area contributed by atoms with Crippen LogP contribution in [0.25, 0.3) is 11.3 Å². The molecule has 1 unspecified atom stereocenters. The topological polar surface area (TPSA) is 94.7 Å². The van der Waals surface area contributed by atoms with Crippen molar-refractivity contribution in [3.05, 3.63) is 76.2 Å². The minimum absolute atomic E-state index is 0.0126. The van der Waals surface area contributed by atoms with E-state index in [1.807, 2.05) is 6.07 Å². The average molecular weight is 513 g/mol. The summed E-state index contributed by atoms with van der Waals surface area (Å²) in [5.41, 5.74) is 7.30. The van der Waals surface area contributed by atoms with Crippen molar-refractivity contribution >= 4 is 17.4 Å². The molecule has 8 heteroatoms. The van der Waals surface area contributed by atoms with E-state index in [4.69, 9.17) is 26.8 Å². The molecule has 1 aromatic heterocycles. The van der Waals surface area contributed by atoms with Crippen molar-refractivity contribution in [2.24, 2.45) is 5.73 Å². The van der Waals surface area contributed by atoms with E-state index in [1.165, 1.54) is 12.1 Å². The van der Waals surface area contributed by atoms with Crippen LogP contribution in [0.2, 0.25) is 5.02 Å². The van der Waals surface area contributed by atoms with Gasteiger partial charge in [-0.05, 0) is 93.2 Å². The van der Waals surface area contributed by atoms with Gasteiger partial charge in [0.25, 0.3) is 0 Å². The molecule has 3 N–H and O–H groups in total. The number of pyridine rings is 1. The minimum Gasteiger partial charge on any atom is -0.493 e. The van der Waals surface area contributed by atoms with Gasteiger partial charge in [0.05, 0.1) is 29.6 Å². The Labute approximate surface area is 215 Å². The Morgan fingerprint density at radius 1 is 1.19 bits per heavy atom. The molecule has 0 spiro atoms. The Hall–Kier alpha value is -3.00. The molecule has 1 fully saturated rings. The van der Waals surface area contributed by atoms with Crippen molar-refractivity contribution in [2.45, 2.75) is 50.7 Å². The first-order valence-corrected chi connectivity index (χ1v) is 12.3. The van der Waals surface area contributed by atoms with Crippen LogP contribution < -0.4 is 15.2 Å². The molecule has 1 heterocycles.